The van der Waals surface area contributed by atoms with Crippen LogP contribution in [-0.4, -0.2) is 57.5 Å². The van der Waals surface area contributed by atoms with Gasteiger partial charge in [0.1, 0.15) is 0 Å². The maximum absolute atomic E-state index is 12.9. The van der Waals surface area contributed by atoms with Crippen molar-refractivity contribution in [2.75, 3.05) is 33.4 Å². The highest BCUT2D eigenvalue weighted by Gasteiger charge is 2.27. The number of phenols is 1. The predicted molar refractivity (Wildman–Crippen MR) is 103 cm³/mol. The summed E-state index contributed by atoms with van der Waals surface area (Å²) in [5, 5.41) is 10.1. The van der Waals surface area contributed by atoms with Crippen LogP contribution >= 0.6 is 0 Å². The van der Waals surface area contributed by atoms with E-state index in [0.717, 1.165) is 0 Å². The number of aryl methyl sites for hydroxylation is 1. The van der Waals surface area contributed by atoms with Crippen LogP contribution in [0, 0.1) is 6.92 Å². The van der Waals surface area contributed by atoms with Crippen LogP contribution in [0.15, 0.2) is 46.3 Å². The number of phenolic OH excluding ortho intramolecular Hbond substituents is 1. The summed E-state index contributed by atoms with van der Waals surface area (Å²) in [4.78, 5) is 4.56. The molecule has 0 atom stereocenters. The van der Waals surface area contributed by atoms with Gasteiger partial charge < -0.3 is 14.6 Å². The molecule has 0 bridgehead atoms. The van der Waals surface area contributed by atoms with Crippen molar-refractivity contribution in [3.05, 3.63) is 47.5 Å². The lowest BCUT2D eigenvalue weighted by Crippen LogP contribution is -2.40. The number of nitrogens with zero attached hydrogens (tertiary/aromatic N) is 2. The van der Waals surface area contributed by atoms with Crippen LogP contribution in [0.25, 0.3) is 0 Å². The number of aliphatic imine (C=N–C) groups is 1. The standard InChI is InChI=1S/C19H22N2O5S/c1-14-6-7-16(20-13-15-4-3-5-17(25-2)19(15)22)12-18(14)27(23,24)21-8-10-26-11-9-21/h3-7,12-13,22H,8-11H2,1-2H3. The van der Waals surface area contributed by atoms with E-state index < -0.39 is 10.0 Å². The minimum atomic E-state index is -3.61. The van der Waals surface area contributed by atoms with Gasteiger partial charge in [-0.2, -0.15) is 4.31 Å². The van der Waals surface area contributed by atoms with Gasteiger partial charge in [-0.15, -0.1) is 0 Å². The highest BCUT2D eigenvalue weighted by Crippen LogP contribution is 2.29. The maximum atomic E-state index is 12.9. The van der Waals surface area contributed by atoms with Crippen LogP contribution in [-0.2, 0) is 14.8 Å². The monoisotopic (exact) mass is 390 g/mol. The summed E-state index contributed by atoms with van der Waals surface area (Å²) >= 11 is 0. The number of hydrogen-bond donors (Lipinski definition) is 1. The topological polar surface area (TPSA) is 88.4 Å². The third-order valence-electron chi connectivity index (χ3n) is 4.36. The number of sulfonamides is 1. The highest BCUT2D eigenvalue weighted by molar-refractivity contribution is 7.89. The van der Waals surface area contributed by atoms with Crippen molar-refractivity contribution in [1.29, 1.82) is 0 Å². The van der Waals surface area contributed by atoms with E-state index in [-0.39, 0.29) is 10.6 Å². The zero-order valence-corrected chi connectivity index (χ0v) is 16.1. The number of para-hydroxylation sites is 1. The molecule has 144 valence electrons. The molecule has 1 fully saturated rings. The molecule has 0 spiro atoms. The van der Waals surface area contributed by atoms with Crippen molar-refractivity contribution < 1.29 is 23.0 Å². The summed E-state index contributed by atoms with van der Waals surface area (Å²) in [6, 6.07) is 10.1. The third-order valence-corrected chi connectivity index (χ3v) is 6.40. The van der Waals surface area contributed by atoms with E-state index in [2.05, 4.69) is 4.99 Å². The molecule has 0 aromatic heterocycles. The van der Waals surface area contributed by atoms with Gasteiger partial charge in [-0.1, -0.05) is 12.1 Å². The average Bonchev–Trinajstić information content (AvgIpc) is 2.68. The van der Waals surface area contributed by atoms with E-state index in [1.165, 1.54) is 17.6 Å². The minimum Gasteiger partial charge on any atom is -0.504 e. The Hall–Kier alpha value is -2.42. The Labute approximate surface area is 158 Å². The van der Waals surface area contributed by atoms with Gasteiger partial charge in [0, 0.05) is 24.9 Å². The van der Waals surface area contributed by atoms with Crippen molar-refractivity contribution in [2.24, 2.45) is 4.99 Å². The summed E-state index contributed by atoms with van der Waals surface area (Å²) in [5.41, 5.74) is 1.62. The Morgan fingerprint density at radius 2 is 1.96 bits per heavy atom. The fourth-order valence-corrected chi connectivity index (χ4v) is 4.48. The molecule has 0 saturated carbocycles. The molecule has 1 saturated heterocycles. The number of ether oxygens (including phenoxy) is 2. The van der Waals surface area contributed by atoms with Crippen molar-refractivity contribution in [3.8, 4) is 11.5 Å². The van der Waals surface area contributed by atoms with Gasteiger partial charge in [0.25, 0.3) is 0 Å². The molecule has 0 aliphatic carbocycles. The lowest BCUT2D eigenvalue weighted by atomic mass is 10.2. The van der Waals surface area contributed by atoms with Crippen molar-refractivity contribution in [2.45, 2.75) is 11.8 Å². The van der Waals surface area contributed by atoms with Gasteiger partial charge in [0.05, 0.1) is 30.9 Å². The first-order valence-electron chi connectivity index (χ1n) is 8.52. The third kappa shape index (κ3) is 4.13. The van der Waals surface area contributed by atoms with E-state index in [1.807, 2.05) is 0 Å². The second-order valence-electron chi connectivity index (χ2n) is 6.12. The van der Waals surface area contributed by atoms with Crippen molar-refractivity contribution >= 4 is 21.9 Å². The van der Waals surface area contributed by atoms with E-state index >= 15 is 0 Å². The maximum Gasteiger partial charge on any atom is 0.243 e. The van der Waals surface area contributed by atoms with E-state index in [1.54, 1.807) is 43.3 Å². The van der Waals surface area contributed by atoms with Gasteiger partial charge in [0.15, 0.2) is 11.5 Å². The molecule has 2 aromatic carbocycles. The van der Waals surface area contributed by atoms with Crippen LogP contribution in [0.2, 0.25) is 0 Å². The normalized spacial score (nSPS) is 15.9. The first-order valence-corrected chi connectivity index (χ1v) is 9.96. The smallest absolute Gasteiger partial charge is 0.243 e. The number of methoxy groups -OCH3 is 1. The Bertz CT molecular complexity index is 951. The van der Waals surface area contributed by atoms with Crippen molar-refractivity contribution in [3.63, 3.8) is 0 Å². The summed E-state index contributed by atoms with van der Waals surface area (Å²) in [6.07, 6.45) is 1.48. The van der Waals surface area contributed by atoms with Gasteiger partial charge in [-0.3, -0.25) is 4.99 Å². The molecule has 1 aliphatic rings. The van der Waals surface area contributed by atoms with E-state index in [4.69, 9.17) is 9.47 Å². The quantitative estimate of drug-likeness (QED) is 0.793. The van der Waals surface area contributed by atoms with E-state index in [9.17, 15) is 13.5 Å². The Kier molecular flexibility index (Phi) is 5.79. The molecule has 27 heavy (non-hydrogen) atoms. The van der Waals surface area contributed by atoms with Crippen LogP contribution in [0.4, 0.5) is 5.69 Å². The predicted octanol–water partition coefficient (Wildman–Crippen LogP) is 2.48. The highest BCUT2D eigenvalue weighted by atomic mass is 32.2. The molecule has 0 radical (unpaired) electrons. The summed E-state index contributed by atoms with van der Waals surface area (Å²) in [7, 11) is -2.14. The molecular weight excluding hydrogens is 368 g/mol. The molecule has 3 rings (SSSR count). The minimum absolute atomic E-state index is 0.0166. The first-order chi connectivity index (χ1) is 12.9. The zero-order valence-electron chi connectivity index (χ0n) is 15.3. The lowest BCUT2D eigenvalue weighted by molar-refractivity contribution is 0.0730. The summed E-state index contributed by atoms with van der Waals surface area (Å²) < 4.78 is 37.6. The van der Waals surface area contributed by atoms with E-state index in [0.29, 0.717) is 48.9 Å². The largest absolute Gasteiger partial charge is 0.504 e. The van der Waals surface area contributed by atoms with Crippen LogP contribution in [0.1, 0.15) is 11.1 Å². The van der Waals surface area contributed by atoms with Gasteiger partial charge in [-0.25, -0.2) is 8.42 Å². The number of rotatable bonds is 5. The lowest BCUT2D eigenvalue weighted by Gasteiger charge is -2.26. The SMILES string of the molecule is COc1cccc(C=Nc2ccc(C)c(S(=O)(=O)N3CCOCC3)c2)c1O. The molecule has 0 unspecified atom stereocenters. The Morgan fingerprint density at radius 1 is 1.22 bits per heavy atom. The molecular formula is C19H22N2O5S. The molecule has 2 aromatic rings. The van der Waals surface area contributed by atoms with Gasteiger partial charge >= 0.3 is 0 Å². The Balaban J connectivity index is 1.92. The number of morpholine rings is 1. The summed E-state index contributed by atoms with van der Waals surface area (Å²) in [5.74, 6) is 0.329. The number of benzene rings is 2. The molecule has 0 amide bonds. The fourth-order valence-electron chi connectivity index (χ4n) is 2.83. The fraction of sp³-hybridized carbons (Fsp3) is 0.316. The zero-order chi connectivity index (χ0) is 19.4. The molecule has 1 aliphatic heterocycles. The number of aromatic hydroxyl groups is 1. The Morgan fingerprint density at radius 3 is 2.67 bits per heavy atom. The van der Waals surface area contributed by atoms with Gasteiger partial charge in [0.2, 0.25) is 10.0 Å². The van der Waals surface area contributed by atoms with Crippen LogP contribution in [0.3, 0.4) is 0 Å². The second-order valence-corrected chi connectivity index (χ2v) is 8.03. The van der Waals surface area contributed by atoms with Crippen molar-refractivity contribution in [1.82, 2.24) is 4.31 Å². The van der Waals surface area contributed by atoms with Gasteiger partial charge in [-0.05, 0) is 36.8 Å². The molecule has 7 nitrogen and oxygen atoms in total. The number of hydrogen-bond acceptors (Lipinski definition) is 6. The molecule has 1 N–H and O–H groups in total. The van der Waals surface area contributed by atoms with Crippen LogP contribution < -0.4 is 4.74 Å². The second kappa shape index (κ2) is 8.08. The molecule has 1 heterocycles. The van der Waals surface area contributed by atoms with Crippen LogP contribution in [0.5, 0.6) is 11.5 Å². The first kappa shape index (κ1) is 19.3. The average molecular weight is 390 g/mol. The molecule has 8 heteroatoms. The summed E-state index contributed by atoms with van der Waals surface area (Å²) in [6.45, 7) is 3.23.